The minimum atomic E-state index is 0.569. The Bertz CT molecular complexity index is 398. The molecule has 2 nitrogen and oxygen atoms in total. The molecule has 0 aliphatic rings. The molecule has 0 saturated heterocycles. The molecule has 80 valence electrons. The van der Waals surface area contributed by atoms with Gasteiger partial charge in [0, 0.05) is 0 Å². The maximum absolute atomic E-state index is 5.50. The van der Waals surface area contributed by atoms with Gasteiger partial charge in [-0.25, -0.2) is 0 Å². The van der Waals surface area contributed by atoms with Crippen LogP contribution in [-0.4, -0.2) is 0 Å². The molecule has 0 aromatic carbocycles. The lowest BCUT2D eigenvalue weighted by Gasteiger charge is -2.02. The topological polar surface area (TPSA) is 26.3 Å². The van der Waals surface area contributed by atoms with Crippen molar-refractivity contribution in [3.8, 4) is 0 Å². The SMILES string of the molecule is CCC(C)c1coc(Cc2ccco2)c1. The smallest absolute Gasteiger partial charge is 0.111 e. The van der Waals surface area contributed by atoms with Gasteiger partial charge in [-0.1, -0.05) is 13.8 Å². The first-order valence-electron chi connectivity index (χ1n) is 5.39. The second-order valence-electron chi connectivity index (χ2n) is 3.91. The average Bonchev–Trinajstić information content (AvgIpc) is 2.88. The molecule has 2 heteroatoms. The molecule has 0 radical (unpaired) electrons. The molecular formula is C13H16O2. The highest BCUT2D eigenvalue weighted by Crippen LogP contribution is 2.22. The lowest BCUT2D eigenvalue weighted by molar-refractivity contribution is 0.473. The van der Waals surface area contributed by atoms with Gasteiger partial charge in [0.25, 0.3) is 0 Å². The van der Waals surface area contributed by atoms with E-state index in [1.807, 2.05) is 18.4 Å². The summed E-state index contributed by atoms with van der Waals surface area (Å²) >= 11 is 0. The van der Waals surface area contributed by atoms with Crippen LogP contribution in [0.3, 0.4) is 0 Å². The molecule has 2 aromatic rings. The average molecular weight is 204 g/mol. The zero-order valence-electron chi connectivity index (χ0n) is 9.19. The molecule has 1 unspecified atom stereocenters. The fourth-order valence-corrected chi connectivity index (χ4v) is 1.57. The number of hydrogen-bond acceptors (Lipinski definition) is 2. The molecule has 0 aliphatic heterocycles. The van der Waals surface area contributed by atoms with Gasteiger partial charge in [0.1, 0.15) is 11.5 Å². The molecular weight excluding hydrogens is 188 g/mol. The van der Waals surface area contributed by atoms with E-state index in [9.17, 15) is 0 Å². The molecule has 2 heterocycles. The Morgan fingerprint density at radius 1 is 1.27 bits per heavy atom. The van der Waals surface area contributed by atoms with Gasteiger partial charge in [0.05, 0.1) is 18.9 Å². The summed E-state index contributed by atoms with van der Waals surface area (Å²) < 4.78 is 10.8. The first kappa shape index (κ1) is 10.1. The third kappa shape index (κ3) is 2.32. The van der Waals surface area contributed by atoms with E-state index >= 15 is 0 Å². The normalized spacial score (nSPS) is 12.9. The Morgan fingerprint density at radius 2 is 2.13 bits per heavy atom. The fraction of sp³-hybridized carbons (Fsp3) is 0.385. The first-order valence-corrected chi connectivity index (χ1v) is 5.39. The van der Waals surface area contributed by atoms with Gasteiger partial charge in [-0.2, -0.15) is 0 Å². The van der Waals surface area contributed by atoms with Crippen LogP contribution in [0.15, 0.2) is 39.6 Å². The van der Waals surface area contributed by atoms with Crippen LogP contribution in [0.5, 0.6) is 0 Å². The van der Waals surface area contributed by atoms with Gasteiger partial charge < -0.3 is 8.83 Å². The van der Waals surface area contributed by atoms with Crippen LogP contribution >= 0.6 is 0 Å². The van der Waals surface area contributed by atoms with Crippen LogP contribution in [0.4, 0.5) is 0 Å². The Hall–Kier alpha value is -1.44. The second-order valence-corrected chi connectivity index (χ2v) is 3.91. The van der Waals surface area contributed by atoms with Crippen molar-refractivity contribution in [1.82, 2.24) is 0 Å². The highest BCUT2D eigenvalue weighted by Gasteiger charge is 2.08. The molecule has 0 aliphatic carbocycles. The van der Waals surface area contributed by atoms with Gasteiger partial charge in [0.2, 0.25) is 0 Å². The molecule has 2 aromatic heterocycles. The molecule has 0 spiro atoms. The summed E-state index contributed by atoms with van der Waals surface area (Å²) in [5.41, 5.74) is 1.28. The van der Waals surface area contributed by atoms with Crippen LogP contribution in [0, 0.1) is 0 Å². The minimum Gasteiger partial charge on any atom is -0.469 e. The minimum absolute atomic E-state index is 0.569. The maximum Gasteiger partial charge on any atom is 0.111 e. The van der Waals surface area contributed by atoms with E-state index in [1.54, 1.807) is 6.26 Å². The first-order chi connectivity index (χ1) is 7.29. The van der Waals surface area contributed by atoms with Crippen molar-refractivity contribution in [2.24, 2.45) is 0 Å². The molecule has 0 amide bonds. The van der Waals surface area contributed by atoms with Crippen LogP contribution in [0.1, 0.15) is 43.3 Å². The summed E-state index contributed by atoms with van der Waals surface area (Å²) in [6, 6.07) is 5.98. The van der Waals surface area contributed by atoms with Gasteiger partial charge in [-0.15, -0.1) is 0 Å². The van der Waals surface area contributed by atoms with Crippen molar-refractivity contribution in [2.45, 2.75) is 32.6 Å². The Morgan fingerprint density at radius 3 is 2.80 bits per heavy atom. The van der Waals surface area contributed by atoms with E-state index in [0.29, 0.717) is 5.92 Å². The third-order valence-electron chi connectivity index (χ3n) is 2.78. The second kappa shape index (κ2) is 4.39. The number of furan rings is 2. The van der Waals surface area contributed by atoms with Crippen molar-refractivity contribution in [3.63, 3.8) is 0 Å². The van der Waals surface area contributed by atoms with E-state index in [0.717, 1.165) is 24.4 Å². The van der Waals surface area contributed by atoms with Crippen LogP contribution < -0.4 is 0 Å². The predicted molar refractivity (Wildman–Crippen MR) is 58.9 cm³/mol. The summed E-state index contributed by atoms with van der Waals surface area (Å²) in [5, 5.41) is 0. The molecule has 15 heavy (non-hydrogen) atoms. The van der Waals surface area contributed by atoms with Crippen molar-refractivity contribution >= 4 is 0 Å². The summed E-state index contributed by atoms with van der Waals surface area (Å²) in [4.78, 5) is 0. The molecule has 0 bridgehead atoms. The zero-order valence-corrected chi connectivity index (χ0v) is 9.19. The highest BCUT2D eigenvalue weighted by atomic mass is 16.3. The van der Waals surface area contributed by atoms with Crippen molar-refractivity contribution < 1.29 is 8.83 Å². The molecule has 1 atom stereocenters. The highest BCUT2D eigenvalue weighted by molar-refractivity contribution is 5.20. The lowest BCUT2D eigenvalue weighted by atomic mass is 10.0. The van der Waals surface area contributed by atoms with E-state index in [-0.39, 0.29) is 0 Å². The van der Waals surface area contributed by atoms with E-state index in [2.05, 4.69) is 19.9 Å². The van der Waals surface area contributed by atoms with Crippen molar-refractivity contribution in [1.29, 1.82) is 0 Å². The molecule has 0 N–H and O–H groups in total. The van der Waals surface area contributed by atoms with Crippen LogP contribution in [-0.2, 0) is 6.42 Å². The summed E-state index contributed by atoms with van der Waals surface area (Å²) in [6.07, 6.45) is 5.42. The standard InChI is InChI=1S/C13H16O2/c1-3-10(2)11-7-13(15-9-11)8-12-5-4-6-14-12/h4-7,9-10H,3,8H2,1-2H3. The molecule has 0 fully saturated rings. The van der Waals surface area contributed by atoms with Gasteiger partial charge >= 0.3 is 0 Å². The maximum atomic E-state index is 5.50. The number of rotatable bonds is 4. The summed E-state index contributed by atoms with van der Waals surface area (Å²) in [5.74, 6) is 2.49. The van der Waals surface area contributed by atoms with Crippen molar-refractivity contribution in [2.75, 3.05) is 0 Å². The quantitative estimate of drug-likeness (QED) is 0.753. The van der Waals surface area contributed by atoms with Gasteiger partial charge in [-0.05, 0) is 36.1 Å². The summed E-state index contributed by atoms with van der Waals surface area (Å²) in [6.45, 7) is 4.39. The van der Waals surface area contributed by atoms with Gasteiger partial charge in [-0.3, -0.25) is 0 Å². The largest absolute Gasteiger partial charge is 0.469 e. The fourth-order valence-electron chi connectivity index (χ4n) is 1.57. The predicted octanol–water partition coefficient (Wildman–Crippen LogP) is 3.98. The third-order valence-corrected chi connectivity index (χ3v) is 2.78. The Kier molecular flexibility index (Phi) is 2.95. The van der Waals surface area contributed by atoms with E-state index in [1.165, 1.54) is 5.56 Å². The van der Waals surface area contributed by atoms with Gasteiger partial charge in [0.15, 0.2) is 0 Å². The van der Waals surface area contributed by atoms with E-state index < -0.39 is 0 Å². The lowest BCUT2D eigenvalue weighted by Crippen LogP contribution is -1.87. The Labute approximate surface area is 89.9 Å². The number of hydrogen-bond donors (Lipinski definition) is 0. The summed E-state index contributed by atoms with van der Waals surface area (Å²) in [7, 11) is 0. The monoisotopic (exact) mass is 204 g/mol. The van der Waals surface area contributed by atoms with Crippen LogP contribution in [0.25, 0.3) is 0 Å². The van der Waals surface area contributed by atoms with Crippen molar-refractivity contribution in [3.05, 3.63) is 47.8 Å². The van der Waals surface area contributed by atoms with Crippen LogP contribution in [0.2, 0.25) is 0 Å². The zero-order chi connectivity index (χ0) is 10.7. The molecule has 2 rings (SSSR count). The molecule has 0 saturated carbocycles. The van der Waals surface area contributed by atoms with E-state index in [4.69, 9.17) is 8.83 Å². The Balaban J connectivity index is 2.07.